The number of ether oxygens (including phenoxy) is 1. The number of amides is 2. The van der Waals surface area contributed by atoms with Gasteiger partial charge in [0.2, 0.25) is 11.8 Å². The fourth-order valence-electron chi connectivity index (χ4n) is 2.68. The average molecular weight is 334 g/mol. The van der Waals surface area contributed by atoms with E-state index in [0.29, 0.717) is 19.6 Å². The minimum Gasteiger partial charge on any atom is -0.491 e. The number of nitrogens with two attached hydrogens (primary N) is 1. The van der Waals surface area contributed by atoms with Gasteiger partial charge in [-0.05, 0) is 31.0 Å². The monoisotopic (exact) mass is 334 g/mol. The Hall–Kier alpha value is -2.12. The van der Waals surface area contributed by atoms with Gasteiger partial charge in [0.05, 0.1) is 18.6 Å². The van der Waals surface area contributed by atoms with Crippen molar-refractivity contribution in [3.63, 3.8) is 0 Å². The van der Waals surface area contributed by atoms with Crippen LogP contribution in [0.25, 0.3) is 0 Å². The molecule has 132 valence electrons. The maximum absolute atomic E-state index is 12.1. The van der Waals surface area contributed by atoms with Crippen molar-refractivity contribution in [3.8, 4) is 5.75 Å². The molecule has 1 aliphatic heterocycles. The number of hydrogen-bond donors (Lipinski definition) is 3. The van der Waals surface area contributed by atoms with Crippen LogP contribution in [-0.2, 0) is 16.1 Å². The highest BCUT2D eigenvalue weighted by molar-refractivity contribution is 5.88. The third-order valence-corrected chi connectivity index (χ3v) is 4.18. The van der Waals surface area contributed by atoms with Crippen molar-refractivity contribution in [1.82, 2.24) is 15.6 Å². The fourth-order valence-corrected chi connectivity index (χ4v) is 2.68. The maximum Gasteiger partial charge on any atom is 0.237 e. The van der Waals surface area contributed by atoms with Gasteiger partial charge in [-0.25, -0.2) is 5.84 Å². The standard InChI is InChI=1S/C17H26N4O3/c1-3-12(2)24-14-6-4-5-13(9-14)11-21-8-7-19-17(23)15(21)10-16(22)20-18/h4-6,9,12,15H,3,7-8,10-11,18H2,1-2H3,(H,19,23)(H,20,22). The molecule has 7 heteroatoms. The van der Waals surface area contributed by atoms with Gasteiger partial charge < -0.3 is 10.1 Å². The number of nitrogens with zero attached hydrogens (tertiary/aromatic N) is 1. The van der Waals surface area contributed by atoms with Crippen LogP contribution in [0.4, 0.5) is 0 Å². The molecule has 7 nitrogen and oxygen atoms in total. The van der Waals surface area contributed by atoms with Crippen molar-refractivity contribution in [2.45, 2.75) is 45.4 Å². The van der Waals surface area contributed by atoms with Gasteiger partial charge in [0.25, 0.3) is 0 Å². The molecule has 0 bridgehead atoms. The molecule has 2 rings (SSSR count). The van der Waals surface area contributed by atoms with Crippen molar-refractivity contribution in [3.05, 3.63) is 29.8 Å². The third kappa shape index (κ3) is 4.94. The summed E-state index contributed by atoms with van der Waals surface area (Å²) in [6, 6.07) is 7.34. The molecule has 1 aromatic rings. The lowest BCUT2D eigenvalue weighted by Gasteiger charge is -2.34. The summed E-state index contributed by atoms with van der Waals surface area (Å²) >= 11 is 0. The summed E-state index contributed by atoms with van der Waals surface area (Å²) in [7, 11) is 0. The summed E-state index contributed by atoms with van der Waals surface area (Å²) < 4.78 is 5.84. The lowest BCUT2D eigenvalue weighted by Crippen LogP contribution is -2.56. The average Bonchev–Trinajstić information content (AvgIpc) is 2.58. The molecule has 2 amide bonds. The van der Waals surface area contributed by atoms with E-state index in [0.717, 1.165) is 17.7 Å². The van der Waals surface area contributed by atoms with Crippen LogP contribution in [-0.4, -0.2) is 41.9 Å². The quantitative estimate of drug-likeness (QED) is 0.384. The summed E-state index contributed by atoms with van der Waals surface area (Å²) in [4.78, 5) is 25.7. The van der Waals surface area contributed by atoms with Gasteiger partial charge in [0.15, 0.2) is 0 Å². The zero-order valence-corrected chi connectivity index (χ0v) is 14.2. The summed E-state index contributed by atoms with van der Waals surface area (Å²) in [5.41, 5.74) is 3.13. The second-order valence-electron chi connectivity index (χ2n) is 6.03. The minimum atomic E-state index is -0.513. The van der Waals surface area contributed by atoms with Gasteiger partial charge in [-0.3, -0.25) is 19.9 Å². The molecule has 1 heterocycles. The Labute approximate surface area is 142 Å². The van der Waals surface area contributed by atoms with Crippen LogP contribution in [0.15, 0.2) is 24.3 Å². The Morgan fingerprint density at radius 1 is 1.54 bits per heavy atom. The van der Waals surface area contributed by atoms with Gasteiger partial charge in [0.1, 0.15) is 5.75 Å². The number of carbonyl (C=O) groups excluding carboxylic acids is 2. The summed E-state index contributed by atoms with van der Waals surface area (Å²) in [5.74, 6) is 5.47. The second-order valence-corrected chi connectivity index (χ2v) is 6.03. The largest absolute Gasteiger partial charge is 0.491 e. The maximum atomic E-state index is 12.1. The number of hydrogen-bond acceptors (Lipinski definition) is 5. The van der Waals surface area contributed by atoms with Gasteiger partial charge in [0, 0.05) is 19.6 Å². The van der Waals surface area contributed by atoms with E-state index < -0.39 is 6.04 Å². The molecule has 0 aromatic heterocycles. The topological polar surface area (TPSA) is 96.7 Å². The van der Waals surface area contributed by atoms with Crippen LogP contribution in [0.3, 0.4) is 0 Å². The van der Waals surface area contributed by atoms with E-state index in [9.17, 15) is 9.59 Å². The van der Waals surface area contributed by atoms with Gasteiger partial charge in [-0.1, -0.05) is 19.1 Å². The first-order chi connectivity index (χ1) is 11.5. The van der Waals surface area contributed by atoms with E-state index in [1.165, 1.54) is 0 Å². The third-order valence-electron chi connectivity index (χ3n) is 4.18. The van der Waals surface area contributed by atoms with Crippen LogP contribution in [0.5, 0.6) is 5.75 Å². The summed E-state index contributed by atoms with van der Waals surface area (Å²) in [6.45, 7) is 5.94. The number of carbonyl (C=O) groups is 2. The van der Waals surface area contributed by atoms with Crippen LogP contribution in [0.2, 0.25) is 0 Å². The summed E-state index contributed by atoms with van der Waals surface area (Å²) in [5, 5.41) is 2.80. The molecule has 0 radical (unpaired) electrons. The first-order valence-electron chi connectivity index (χ1n) is 8.30. The molecule has 2 unspecified atom stereocenters. The van der Waals surface area contributed by atoms with Gasteiger partial charge >= 0.3 is 0 Å². The minimum absolute atomic E-state index is 0.0470. The van der Waals surface area contributed by atoms with Crippen LogP contribution in [0.1, 0.15) is 32.3 Å². The molecule has 0 saturated carbocycles. The lowest BCUT2D eigenvalue weighted by molar-refractivity contribution is -0.134. The molecular formula is C17H26N4O3. The first-order valence-corrected chi connectivity index (χ1v) is 8.30. The lowest BCUT2D eigenvalue weighted by atomic mass is 10.1. The predicted octanol–water partition coefficient (Wildman–Crippen LogP) is 0.544. The number of benzene rings is 1. The molecule has 24 heavy (non-hydrogen) atoms. The molecule has 0 aliphatic carbocycles. The Morgan fingerprint density at radius 2 is 2.33 bits per heavy atom. The second kappa shape index (κ2) is 8.65. The molecule has 4 N–H and O–H groups in total. The van der Waals surface area contributed by atoms with Crippen LogP contribution < -0.4 is 21.3 Å². The van der Waals surface area contributed by atoms with E-state index in [4.69, 9.17) is 10.6 Å². The van der Waals surface area contributed by atoms with Crippen molar-refractivity contribution < 1.29 is 14.3 Å². The Kier molecular flexibility index (Phi) is 6.57. The van der Waals surface area contributed by atoms with Crippen molar-refractivity contribution in [2.75, 3.05) is 13.1 Å². The Balaban J connectivity index is 2.08. The highest BCUT2D eigenvalue weighted by Gasteiger charge is 2.31. The molecule has 1 aromatic carbocycles. The normalized spacial score (nSPS) is 19.5. The molecule has 1 aliphatic rings. The smallest absolute Gasteiger partial charge is 0.237 e. The SMILES string of the molecule is CCC(C)Oc1cccc(CN2CCNC(=O)C2CC(=O)NN)c1. The van der Waals surface area contributed by atoms with E-state index in [1.54, 1.807) is 0 Å². The predicted molar refractivity (Wildman–Crippen MR) is 91.0 cm³/mol. The highest BCUT2D eigenvalue weighted by Crippen LogP contribution is 2.19. The summed E-state index contributed by atoms with van der Waals surface area (Å²) in [6.07, 6.45) is 1.14. The zero-order valence-electron chi connectivity index (χ0n) is 14.2. The number of piperazine rings is 1. The number of nitrogens with one attached hydrogen (secondary N) is 2. The first kappa shape index (κ1) is 18.2. The van der Waals surface area contributed by atoms with Crippen molar-refractivity contribution >= 4 is 11.8 Å². The molecular weight excluding hydrogens is 308 g/mol. The molecule has 1 fully saturated rings. The molecule has 2 atom stereocenters. The van der Waals surface area contributed by atoms with E-state index in [-0.39, 0.29) is 24.3 Å². The van der Waals surface area contributed by atoms with Crippen molar-refractivity contribution in [1.29, 1.82) is 0 Å². The van der Waals surface area contributed by atoms with Gasteiger partial charge in [-0.2, -0.15) is 0 Å². The van der Waals surface area contributed by atoms with Crippen LogP contribution in [0, 0.1) is 0 Å². The molecule has 1 saturated heterocycles. The van der Waals surface area contributed by atoms with E-state index in [1.807, 2.05) is 36.1 Å². The Morgan fingerprint density at radius 3 is 3.04 bits per heavy atom. The van der Waals surface area contributed by atoms with Crippen molar-refractivity contribution in [2.24, 2.45) is 5.84 Å². The highest BCUT2D eigenvalue weighted by atomic mass is 16.5. The van der Waals surface area contributed by atoms with E-state index in [2.05, 4.69) is 17.7 Å². The Bertz CT molecular complexity index is 579. The fraction of sp³-hybridized carbons (Fsp3) is 0.529. The number of rotatable bonds is 7. The van der Waals surface area contributed by atoms with Crippen LogP contribution >= 0.6 is 0 Å². The number of hydrazine groups is 1. The molecule has 0 spiro atoms. The van der Waals surface area contributed by atoms with E-state index >= 15 is 0 Å². The zero-order chi connectivity index (χ0) is 17.5. The van der Waals surface area contributed by atoms with Gasteiger partial charge in [-0.15, -0.1) is 0 Å².